The van der Waals surface area contributed by atoms with Crippen LogP contribution < -0.4 is 5.32 Å². The Labute approximate surface area is 171 Å². The molecule has 2 atom stereocenters. The van der Waals surface area contributed by atoms with Crippen LogP contribution in [0.25, 0.3) is 0 Å². The second kappa shape index (κ2) is 10.4. The fourth-order valence-corrected chi connectivity index (χ4v) is 5.01. The summed E-state index contributed by atoms with van der Waals surface area (Å²) in [7, 11) is 0. The van der Waals surface area contributed by atoms with Gasteiger partial charge in [0.15, 0.2) is 0 Å². The molecule has 0 unspecified atom stereocenters. The molecule has 0 aromatic heterocycles. The number of amides is 1. The van der Waals surface area contributed by atoms with Crippen molar-refractivity contribution in [3.05, 3.63) is 35.4 Å². The summed E-state index contributed by atoms with van der Waals surface area (Å²) in [5, 5.41) is 3.20. The highest BCUT2D eigenvalue weighted by molar-refractivity contribution is 5.78. The Bertz CT molecular complexity index is 614. The van der Waals surface area contributed by atoms with E-state index in [4.69, 9.17) is 0 Å². The molecule has 156 valence electrons. The summed E-state index contributed by atoms with van der Waals surface area (Å²) in [5.41, 5.74) is 2.77. The van der Waals surface area contributed by atoms with Crippen LogP contribution in [0, 0.1) is 24.7 Å². The first-order chi connectivity index (χ1) is 13.5. The Balaban J connectivity index is 1.31. The monoisotopic (exact) mass is 385 g/mol. The smallest absolute Gasteiger partial charge is 0.223 e. The zero-order valence-electron chi connectivity index (χ0n) is 18.1. The Kier molecular flexibility index (Phi) is 7.92. The van der Waals surface area contributed by atoms with Crippen LogP contribution >= 0.6 is 0 Å². The number of carbonyl (C=O) groups excluding carboxylic acids is 1. The molecule has 28 heavy (non-hydrogen) atoms. The van der Waals surface area contributed by atoms with Crippen LogP contribution in [-0.4, -0.2) is 55.0 Å². The molecule has 0 spiro atoms. The normalized spacial score (nSPS) is 25.0. The average Bonchev–Trinajstić information content (AvgIpc) is 2.67. The minimum Gasteiger partial charge on any atom is -0.356 e. The lowest BCUT2D eigenvalue weighted by molar-refractivity contribution is -0.126. The van der Waals surface area contributed by atoms with Crippen molar-refractivity contribution < 1.29 is 4.79 Å². The fraction of sp³-hybridized carbons (Fsp3) is 0.708. The van der Waals surface area contributed by atoms with Gasteiger partial charge in [-0.3, -0.25) is 9.69 Å². The number of hydrogen-bond acceptors (Lipinski definition) is 3. The highest BCUT2D eigenvalue weighted by atomic mass is 16.1. The first-order valence-corrected chi connectivity index (χ1v) is 11.3. The van der Waals surface area contributed by atoms with Crippen molar-refractivity contribution >= 4 is 5.91 Å². The van der Waals surface area contributed by atoms with Crippen molar-refractivity contribution in [1.29, 1.82) is 0 Å². The Hall–Kier alpha value is -1.39. The lowest BCUT2D eigenvalue weighted by Gasteiger charge is -2.35. The summed E-state index contributed by atoms with van der Waals surface area (Å²) < 4.78 is 0. The van der Waals surface area contributed by atoms with Crippen molar-refractivity contribution in [3.63, 3.8) is 0 Å². The highest BCUT2D eigenvalue weighted by Crippen LogP contribution is 2.22. The summed E-state index contributed by atoms with van der Waals surface area (Å²) >= 11 is 0. The van der Waals surface area contributed by atoms with E-state index in [0.717, 1.165) is 63.8 Å². The Morgan fingerprint density at radius 3 is 2.43 bits per heavy atom. The molecule has 2 fully saturated rings. The molecule has 1 aromatic rings. The van der Waals surface area contributed by atoms with E-state index in [1.54, 1.807) is 0 Å². The van der Waals surface area contributed by atoms with E-state index in [9.17, 15) is 4.79 Å². The largest absolute Gasteiger partial charge is 0.356 e. The third-order valence-corrected chi connectivity index (χ3v) is 6.51. The molecule has 1 amide bonds. The number of aryl methyl sites for hydroxylation is 1. The van der Waals surface area contributed by atoms with E-state index < -0.39 is 0 Å². The zero-order valence-corrected chi connectivity index (χ0v) is 18.1. The molecule has 0 saturated carbocycles. The van der Waals surface area contributed by atoms with Gasteiger partial charge in [0, 0.05) is 32.1 Å². The SMILES string of the molecule is Cc1ccccc1CN1CCC(C(=O)NCCCN2C[C@H](C)C[C@@H](C)C2)CC1. The minimum absolute atomic E-state index is 0.197. The van der Waals surface area contributed by atoms with Gasteiger partial charge in [-0.1, -0.05) is 38.1 Å². The second-order valence-electron chi connectivity index (χ2n) is 9.33. The van der Waals surface area contributed by atoms with Gasteiger partial charge in [-0.2, -0.15) is 0 Å². The molecule has 3 rings (SSSR count). The summed E-state index contributed by atoms with van der Waals surface area (Å²) in [6.07, 6.45) is 4.39. The van der Waals surface area contributed by atoms with Gasteiger partial charge in [-0.15, -0.1) is 0 Å². The van der Waals surface area contributed by atoms with Crippen LogP contribution in [-0.2, 0) is 11.3 Å². The van der Waals surface area contributed by atoms with Crippen LogP contribution in [0.4, 0.5) is 0 Å². The molecule has 0 aliphatic carbocycles. The molecule has 1 N–H and O–H groups in total. The molecular weight excluding hydrogens is 346 g/mol. The molecule has 4 heteroatoms. The Morgan fingerprint density at radius 1 is 1.07 bits per heavy atom. The number of piperidine rings is 2. The summed E-state index contributed by atoms with van der Waals surface area (Å²) in [5.74, 6) is 2.09. The average molecular weight is 386 g/mol. The topological polar surface area (TPSA) is 35.6 Å². The lowest BCUT2D eigenvalue weighted by atomic mass is 9.92. The van der Waals surface area contributed by atoms with Gasteiger partial charge in [0.05, 0.1) is 0 Å². The van der Waals surface area contributed by atoms with Gasteiger partial charge in [0.1, 0.15) is 0 Å². The molecule has 0 radical (unpaired) electrons. The number of likely N-dealkylation sites (tertiary alicyclic amines) is 2. The minimum atomic E-state index is 0.197. The van der Waals surface area contributed by atoms with Crippen LogP contribution in [0.1, 0.15) is 50.7 Å². The van der Waals surface area contributed by atoms with Gasteiger partial charge < -0.3 is 10.2 Å². The first-order valence-electron chi connectivity index (χ1n) is 11.3. The molecule has 2 aliphatic heterocycles. The lowest BCUT2D eigenvalue weighted by Crippen LogP contribution is -2.42. The van der Waals surface area contributed by atoms with Crippen molar-refractivity contribution in [1.82, 2.24) is 15.1 Å². The van der Waals surface area contributed by atoms with E-state index >= 15 is 0 Å². The van der Waals surface area contributed by atoms with E-state index in [-0.39, 0.29) is 11.8 Å². The van der Waals surface area contributed by atoms with Crippen LogP contribution in [0.2, 0.25) is 0 Å². The first kappa shape index (κ1) is 21.3. The van der Waals surface area contributed by atoms with E-state index in [1.165, 1.54) is 30.6 Å². The maximum Gasteiger partial charge on any atom is 0.223 e. The number of nitrogens with zero attached hydrogens (tertiary/aromatic N) is 2. The Morgan fingerprint density at radius 2 is 1.75 bits per heavy atom. The standard InChI is InChI=1S/C24H39N3O/c1-19-15-20(2)17-27(16-19)12-6-11-25-24(28)22-9-13-26(14-10-22)18-23-8-5-4-7-21(23)3/h4-5,7-8,19-20,22H,6,9-18H2,1-3H3,(H,25,28)/t19-,20-/m1/s1. The van der Waals surface area contributed by atoms with E-state index in [2.05, 4.69) is 60.2 Å². The number of hydrogen-bond donors (Lipinski definition) is 1. The predicted molar refractivity (Wildman–Crippen MR) is 116 cm³/mol. The molecular formula is C24H39N3O. The van der Waals surface area contributed by atoms with Gasteiger partial charge in [-0.05, 0) is 75.2 Å². The summed E-state index contributed by atoms with van der Waals surface area (Å²) in [4.78, 5) is 17.6. The summed E-state index contributed by atoms with van der Waals surface area (Å²) in [6, 6.07) is 8.62. The van der Waals surface area contributed by atoms with Crippen molar-refractivity contribution in [3.8, 4) is 0 Å². The van der Waals surface area contributed by atoms with Crippen molar-refractivity contribution in [2.45, 2.75) is 53.0 Å². The van der Waals surface area contributed by atoms with Crippen molar-refractivity contribution in [2.24, 2.45) is 17.8 Å². The van der Waals surface area contributed by atoms with Crippen LogP contribution in [0.3, 0.4) is 0 Å². The maximum absolute atomic E-state index is 12.5. The zero-order chi connectivity index (χ0) is 19.9. The number of nitrogens with one attached hydrogen (secondary N) is 1. The predicted octanol–water partition coefficient (Wildman–Crippen LogP) is 3.69. The van der Waals surface area contributed by atoms with Crippen LogP contribution in [0.5, 0.6) is 0 Å². The third-order valence-electron chi connectivity index (χ3n) is 6.51. The van der Waals surface area contributed by atoms with Gasteiger partial charge in [0.2, 0.25) is 5.91 Å². The van der Waals surface area contributed by atoms with Gasteiger partial charge in [0.25, 0.3) is 0 Å². The van der Waals surface area contributed by atoms with Crippen molar-refractivity contribution in [2.75, 3.05) is 39.3 Å². The van der Waals surface area contributed by atoms with Gasteiger partial charge in [-0.25, -0.2) is 0 Å². The van der Waals surface area contributed by atoms with Crippen LogP contribution in [0.15, 0.2) is 24.3 Å². The fourth-order valence-electron chi connectivity index (χ4n) is 5.01. The highest BCUT2D eigenvalue weighted by Gasteiger charge is 2.25. The van der Waals surface area contributed by atoms with E-state index in [1.807, 2.05) is 0 Å². The maximum atomic E-state index is 12.5. The molecule has 0 bridgehead atoms. The molecule has 1 aromatic carbocycles. The molecule has 4 nitrogen and oxygen atoms in total. The quantitative estimate of drug-likeness (QED) is 0.727. The third kappa shape index (κ3) is 6.31. The van der Waals surface area contributed by atoms with Gasteiger partial charge >= 0.3 is 0 Å². The summed E-state index contributed by atoms with van der Waals surface area (Å²) in [6.45, 7) is 14.3. The molecule has 2 aliphatic rings. The number of carbonyl (C=O) groups is 1. The molecule has 2 heterocycles. The van der Waals surface area contributed by atoms with E-state index in [0.29, 0.717) is 0 Å². The molecule has 2 saturated heterocycles. The second-order valence-corrected chi connectivity index (χ2v) is 9.33. The number of rotatable bonds is 7. The number of benzene rings is 1.